The number of urea groups is 1. The van der Waals surface area contributed by atoms with Gasteiger partial charge in [0.05, 0.1) is 7.11 Å². The summed E-state index contributed by atoms with van der Waals surface area (Å²) in [7, 11) is 1.61. The maximum Gasteiger partial charge on any atom is 0.323 e. The highest BCUT2D eigenvalue weighted by Gasteiger charge is 2.33. The fraction of sp³-hybridized carbons (Fsp3) is 0.467. The molecule has 0 atom stereocenters. The molecule has 2 rings (SSSR count). The van der Waals surface area contributed by atoms with Crippen molar-refractivity contribution in [1.29, 1.82) is 0 Å². The van der Waals surface area contributed by atoms with E-state index in [4.69, 9.17) is 9.84 Å². The minimum atomic E-state index is -0.982. The van der Waals surface area contributed by atoms with Crippen LogP contribution in [0, 0.1) is 0 Å². The van der Waals surface area contributed by atoms with Gasteiger partial charge >= 0.3 is 12.0 Å². The predicted octanol–water partition coefficient (Wildman–Crippen LogP) is 1.50. The molecule has 0 saturated heterocycles. The molecule has 0 aromatic heterocycles. The normalized spacial score (nSPS) is 13.6. The van der Waals surface area contributed by atoms with Crippen LogP contribution < -0.4 is 10.1 Å². The van der Waals surface area contributed by atoms with E-state index in [1.807, 2.05) is 24.3 Å². The van der Waals surface area contributed by atoms with Gasteiger partial charge in [0.2, 0.25) is 0 Å². The zero-order valence-electron chi connectivity index (χ0n) is 12.0. The number of carboxylic acid groups (broad SMARTS) is 1. The smallest absolute Gasteiger partial charge is 0.323 e. The van der Waals surface area contributed by atoms with Crippen molar-refractivity contribution in [1.82, 2.24) is 10.2 Å². The fourth-order valence-electron chi connectivity index (χ4n) is 2.14. The molecule has 6 nitrogen and oxygen atoms in total. The molecule has 0 heterocycles. The third-order valence-corrected chi connectivity index (χ3v) is 3.38. The topological polar surface area (TPSA) is 78.9 Å². The number of carboxylic acids is 1. The minimum absolute atomic E-state index is 0.0814. The second kappa shape index (κ2) is 6.97. The van der Waals surface area contributed by atoms with E-state index in [2.05, 4.69) is 5.32 Å². The summed E-state index contributed by atoms with van der Waals surface area (Å²) >= 11 is 0. The average molecular weight is 292 g/mol. The Morgan fingerprint density at radius 1 is 1.43 bits per heavy atom. The van der Waals surface area contributed by atoms with E-state index in [0.717, 1.165) is 24.2 Å². The van der Waals surface area contributed by atoms with Crippen LogP contribution in [0.3, 0.4) is 0 Å². The van der Waals surface area contributed by atoms with Crippen LogP contribution in [0.4, 0.5) is 4.79 Å². The molecule has 0 radical (unpaired) electrons. The predicted molar refractivity (Wildman–Crippen MR) is 77.5 cm³/mol. The molecule has 2 amide bonds. The van der Waals surface area contributed by atoms with Crippen LogP contribution in [0.25, 0.3) is 0 Å². The van der Waals surface area contributed by atoms with Gasteiger partial charge in [0.15, 0.2) is 0 Å². The molecule has 0 spiro atoms. The third-order valence-electron chi connectivity index (χ3n) is 3.38. The molecule has 1 fully saturated rings. The Labute approximate surface area is 123 Å². The Hall–Kier alpha value is -2.24. The summed E-state index contributed by atoms with van der Waals surface area (Å²) < 4.78 is 5.14. The van der Waals surface area contributed by atoms with E-state index in [9.17, 15) is 9.59 Å². The Bertz CT molecular complexity index is 514. The second-order valence-corrected chi connectivity index (χ2v) is 5.09. The van der Waals surface area contributed by atoms with Gasteiger partial charge in [0.1, 0.15) is 12.3 Å². The number of ether oxygens (including phenoxy) is 1. The lowest BCUT2D eigenvalue weighted by Gasteiger charge is -2.20. The van der Waals surface area contributed by atoms with Crippen LogP contribution in [-0.4, -0.2) is 48.2 Å². The molecule has 0 aliphatic heterocycles. The van der Waals surface area contributed by atoms with Crippen molar-refractivity contribution in [2.75, 3.05) is 20.2 Å². The molecule has 1 aromatic rings. The van der Waals surface area contributed by atoms with E-state index >= 15 is 0 Å². The van der Waals surface area contributed by atoms with E-state index < -0.39 is 5.97 Å². The van der Waals surface area contributed by atoms with E-state index in [-0.39, 0.29) is 18.6 Å². The van der Waals surface area contributed by atoms with Crippen LogP contribution in [0.2, 0.25) is 0 Å². The maximum absolute atomic E-state index is 12.0. The third kappa shape index (κ3) is 4.66. The van der Waals surface area contributed by atoms with Gasteiger partial charge in [0.25, 0.3) is 0 Å². The van der Waals surface area contributed by atoms with Crippen LogP contribution in [0.15, 0.2) is 24.3 Å². The zero-order valence-corrected chi connectivity index (χ0v) is 12.0. The lowest BCUT2D eigenvalue weighted by molar-refractivity contribution is -0.137. The van der Waals surface area contributed by atoms with Gasteiger partial charge in [-0.05, 0) is 37.0 Å². The quantitative estimate of drug-likeness (QED) is 0.798. The molecule has 1 aliphatic carbocycles. The number of aliphatic carboxylic acids is 1. The lowest BCUT2D eigenvalue weighted by Crippen LogP contribution is -2.44. The monoisotopic (exact) mass is 292 g/mol. The highest BCUT2D eigenvalue weighted by molar-refractivity contribution is 5.80. The molecular weight excluding hydrogens is 272 g/mol. The summed E-state index contributed by atoms with van der Waals surface area (Å²) in [6, 6.07) is 7.42. The van der Waals surface area contributed by atoms with Crippen LogP contribution >= 0.6 is 0 Å². The van der Waals surface area contributed by atoms with Gasteiger partial charge in [-0.2, -0.15) is 0 Å². The first-order valence-electron chi connectivity index (χ1n) is 6.99. The summed E-state index contributed by atoms with van der Waals surface area (Å²) in [5.74, 6) is -0.200. The van der Waals surface area contributed by atoms with Crippen molar-refractivity contribution in [3.05, 3.63) is 29.8 Å². The van der Waals surface area contributed by atoms with Crippen molar-refractivity contribution in [3.63, 3.8) is 0 Å². The molecule has 114 valence electrons. The molecule has 2 N–H and O–H groups in total. The number of hydrogen-bond donors (Lipinski definition) is 2. The number of rotatable bonds is 7. The lowest BCUT2D eigenvalue weighted by atomic mass is 10.1. The molecule has 1 saturated carbocycles. The van der Waals surface area contributed by atoms with Gasteiger partial charge in [0, 0.05) is 12.6 Å². The molecule has 1 aromatic carbocycles. The van der Waals surface area contributed by atoms with Gasteiger partial charge in [-0.15, -0.1) is 0 Å². The summed E-state index contributed by atoms with van der Waals surface area (Å²) in [6.07, 6.45) is 2.45. The van der Waals surface area contributed by atoms with Crippen molar-refractivity contribution < 1.29 is 19.4 Å². The molecular formula is C15H20N2O4. The number of amides is 2. The van der Waals surface area contributed by atoms with Crippen LogP contribution in [0.1, 0.15) is 18.4 Å². The highest BCUT2D eigenvalue weighted by atomic mass is 16.5. The number of nitrogens with zero attached hydrogens (tertiary/aromatic N) is 1. The van der Waals surface area contributed by atoms with Gasteiger partial charge < -0.3 is 20.1 Å². The van der Waals surface area contributed by atoms with E-state index in [1.54, 1.807) is 7.11 Å². The number of hydrogen-bond acceptors (Lipinski definition) is 3. The molecule has 0 bridgehead atoms. The Balaban J connectivity index is 1.81. The SMILES string of the molecule is COc1cccc(CCNC(=O)N(CC(=O)O)C2CC2)c1. The zero-order chi connectivity index (χ0) is 15.2. The first-order chi connectivity index (χ1) is 10.1. The number of nitrogens with one attached hydrogen (secondary N) is 1. The molecule has 0 unspecified atom stereocenters. The fourth-order valence-corrected chi connectivity index (χ4v) is 2.14. The van der Waals surface area contributed by atoms with Gasteiger partial charge in [-0.1, -0.05) is 12.1 Å². The average Bonchev–Trinajstić information content (AvgIpc) is 3.29. The second-order valence-electron chi connectivity index (χ2n) is 5.09. The molecule has 6 heteroatoms. The van der Waals surface area contributed by atoms with E-state index in [0.29, 0.717) is 13.0 Å². The van der Waals surface area contributed by atoms with E-state index in [1.165, 1.54) is 4.90 Å². The van der Waals surface area contributed by atoms with Gasteiger partial charge in [-0.3, -0.25) is 4.79 Å². The Kier molecular flexibility index (Phi) is 5.03. The number of benzene rings is 1. The van der Waals surface area contributed by atoms with Crippen molar-refractivity contribution in [3.8, 4) is 5.75 Å². The van der Waals surface area contributed by atoms with Crippen LogP contribution in [-0.2, 0) is 11.2 Å². The number of carbonyl (C=O) groups is 2. The molecule has 21 heavy (non-hydrogen) atoms. The van der Waals surface area contributed by atoms with Gasteiger partial charge in [-0.25, -0.2) is 4.79 Å². The number of methoxy groups -OCH3 is 1. The summed E-state index contributed by atoms with van der Waals surface area (Å²) in [5, 5.41) is 11.6. The Morgan fingerprint density at radius 2 is 2.19 bits per heavy atom. The highest BCUT2D eigenvalue weighted by Crippen LogP contribution is 2.26. The first-order valence-corrected chi connectivity index (χ1v) is 6.99. The van der Waals surface area contributed by atoms with Crippen molar-refractivity contribution in [2.24, 2.45) is 0 Å². The van der Waals surface area contributed by atoms with Crippen molar-refractivity contribution >= 4 is 12.0 Å². The first kappa shape index (κ1) is 15.2. The minimum Gasteiger partial charge on any atom is -0.497 e. The Morgan fingerprint density at radius 3 is 2.81 bits per heavy atom. The number of carbonyl (C=O) groups excluding carboxylic acids is 1. The molecule has 1 aliphatic rings. The summed E-state index contributed by atoms with van der Waals surface area (Å²) in [5.41, 5.74) is 1.06. The maximum atomic E-state index is 12.0. The summed E-state index contributed by atoms with van der Waals surface area (Å²) in [6.45, 7) is 0.227. The summed E-state index contributed by atoms with van der Waals surface area (Å²) in [4.78, 5) is 24.2. The standard InChI is InChI=1S/C15H20N2O4/c1-21-13-4-2-3-11(9-13)7-8-16-15(20)17(10-14(18)19)12-5-6-12/h2-4,9,12H,5-8,10H2,1H3,(H,16,20)(H,18,19). The van der Waals surface area contributed by atoms with Crippen LogP contribution in [0.5, 0.6) is 5.75 Å². The van der Waals surface area contributed by atoms with Crippen molar-refractivity contribution in [2.45, 2.75) is 25.3 Å². The largest absolute Gasteiger partial charge is 0.497 e.